The van der Waals surface area contributed by atoms with Gasteiger partial charge in [-0.25, -0.2) is 0 Å². The minimum absolute atomic E-state index is 0.308. The van der Waals surface area contributed by atoms with E-state index in [-0.39, 0.29) is 0 Å². The van der Waals surface area contributed by atoms with Gasteiger partial charge in [-0.3, -0.25) is 0 Å². The molecule has 27 heavy (non-hydrogen) atoms. The van der Waals surface area contributed by atoms with Crippen LogP contribution in [0.5, 0.6) is 0 Å². The van der Waals surface area contributed by atoms with Crippen LogP contribution in [-0.4, -0.2) is 13.3 Å². The zero-order valence-electron chi connectivity index (χ0n) is 18.1. The summed E-state index contributed by atoms with van der Waals surface area (Å²) in [6.07, 6.45) is 7.70. The van der Waals surface area contributed by atoms with E-state index < -0.39 is 0 Å². The van der Waals surface area contributed by atoms with E-state index in [2.05, 4.69) is 52.1 Å². The van der Waals surface area contributed by atoms with Gasteiger partial charge in [0.15, 0.2) is 0 Å². The molecule has 1 N–H and O–H groups in total. The van der Waals surface area contributed by atoms with Gasteiger partial charge >= 0.3 is 0 Å². The molecule has 0 aliphatic heterocycles. The van der Waals surface area contributed by atoms with Crippen molar-refractivity contribution in [3.05, 3.63) is 53.0 Å². The number of ether oxygens (including phenoxy) is 2. The third-order valence-corrected chi connectivity index (χ3v) is 3.93. The normalized spacial score (nSPS) is 11.0. The predicted molar refractivity (Wildman–Crippen MR) is 114 cm³/mol. The zero-order valence-corrected chi connectivity index (χ0v) is 18.1. The summed E-state index contributed by atoms with van der Waals surface area (Å²) in [5, 5.41) is 12.1. The van der Waals surface area contributed by atoms with Crippen molar-refractivity contribution in [1.29, 1.82) is 5.26 Å². The Kier molecular flexibility index (Phi) is 13.4. The molecule has 0 aliphatic rings. The van der Waals surface area contributed by atoms with Crippen LogP contribution in [-0.2, 0) is 9.47 Å². The summed E-state index contributed by atoms with van der Waals surface area (Å²) in [4.78, 5) is 0. The first kappa shape index (κ1) is 24.6. The molecule has 0 aromatic heterocycles. The highest BCUT2D eigenvalue weighted by Crippen LogP contribution is 2.21. The maximum atomic E-state index is 8.79. The number of rotatable bonds is 9. The van der Waals surface area contributed by atoms with Gasteiger partial charge in [0, 0.05) is 18.7 Å². The summed E-state index contributed by atoms with van der Waals surface area (Å²) in [6.45, 7) is 15.7. The highest BCUT2D eigenvalue weighted by molar-refractivity contribution is 5.58. The summed E-state index contributed by atoms with van der Waals surface area (Å²) in [5.41, 5.74) is 4.13. The molecule has 150 valence electrons. The number of hydrogen-bond acceptors (Lipinski definition) is 4. The lowest BCUT2D eigenvalue weighted by Gasteiger charge is -2.10. The zero-order chi connectivity index (χ0) is 20.7. The number of benzene rings is 1. The molecule has 0 heterocycles. The van der Waals surface area contributed by atoms with Crippen LogP contribution in [0.25, 0.3) is 0 Å². The molecule has 1 rings (SSSR count). The highest BCUT2D eigenvalue weighted by atomic mass is 16.7. The Morgan fingerprint density at radius 2 is 1.89 bits per heavy atom. The maximum absolute atomic E-state index is 8.79. The fraction of sp³-hybridized carbons (Fsp3) is 0.522. The Morgan fingerprint density at radius 1 is 1.19 bits per heavy atom. The van der Waals surface area contributed by atoms with Crippen molar-refractivity contribution in [2.45, 2.75) is 61.3 Å². The van der Waals surface area contributed by atoms with Crippen LogP contribution in [0.4, 0.5) is 5.69 Å². The molecule has 0 aliphatic carbocycles. The van der Waals surface area contributed by atoms with Crippen molar-refractivity contribution in [3.8, 4) is 6.07 Å². The van der Waals surface area contributed by atoms with Gasteiger partial charge in [0.25, 0.3) is 0 Å². The Morgan fingerprint density at radius 3 is 2.41 bits per heavy atom. The Bertz CT molecular complexity index is 641. The van der Waals surface area contributed by atoms with Gasteiger partial charge in [0.2, 0.25) is 6.79 Å². The van der Waals surface area contributed by atoms with E-state index in [4.69, 9.17) is 14.7 Å². The van der Waals surface area contributed by atoms with Crippen molar-refractivity contribution >= 4 is 5.69 Å². The Balaban J connectivity index is 0.000000501. The molecule has 0 bridgehead atoms. The molecule has 0 fully saturated rings. The smallest absolute Gasteiger partial charge is 0.229 e. The molecular formula is C23H36N2O2. The van der Waals surface area contributed by atoms with Crippen LogP contribution in [0.2, 0.25) is 0 Å². The second kappa shape index (κ2) is 14.7. The Hall–Kier alpha value is -2.41. The number of allylic oxidation sites excluding steroid dienone is 3. The number of nitriles is 1. The first-order chi connectivity index (χ1) is 12.9. The molecule has 1 aromatic rings. The minimum Gasteiger partial charge on any atom is -0.465 e. The average molecular weight is 373 g/mol. The van der Waals surface area contributed by atoms with Gasteiger partial charge in [0.1, 0.15) is 0 Å². The van der Waals surface area contributed by atoms with Gasteiger partial charge in [-0.1, -0.05) is 27.7 Å². The summed E-state index contributed by atoms with van der Waals surface area (Å²) >= 11 is 0. The van der Waals surface area contributed by atoms with Gasteiger partial charge in [0.05, 0.1) is 23.7 Å². The maximum Gasteiger partial charge on any atom is 0.229 e. The third-order valence-electron chi connectivity index (χ3n) is 3.93. The quantitative estimate of drug-likeness (QED) is 0.307. The van der Waals surface area contributed by atoms with Crippen LogP contribution >= 0.6 is 0 Å². The van der Waals surface area contributed by atoms with Crippen LogP contribution in [0.3, 0.4) is 0 Å². The van der Waals surface area contributed by atoms with Gasteiger partial charge in [-0.15, -0.1) is 0 Å². The summed E-state index contributed by atoms with van der Waals surface area (Å²) in [5.74, 6) is 1.53. The molecule has 4 nitrogen and oxygen atoms in total. The molecule has 0 radical (unpaired) electrons. The minimum atomic E-state index is 0.308. The van der Waals surface area contributed by atoms with Crippen LogP contribution in [0.1, 0.15) is 64.2 Å². The van der Waals surface area contributed by atoms with Crippen LogP contribution in [0.15, 0.2) is 36.3 Å². The van der Waals surface area contributed by atoms with E-state index in [0.717, 1.165) is 42.0 Å². The second-order valence-corrected chi connectivity index (χ2v) is 6.49. The molecule has 0 atom stereocenters. The van der Waals surface area contributed by atoms with Gasteiger partial charge < -0.3 is 14.8 Å². The highest BCUT2D eigenvalue weighted by Gasteiger charge is 2.04. The van der Waals surface area contributed by atoms with E-state index in [1.165, 1.54) is 5.56 Å². The van der Waals surface area contributed by atoms with Crippen molar-refractivity contribution in [1.82, 2.24) is 0 Å². The van der Waals surface area contributed by atoms with Gasteiger partial charge in [-0.05, 0) is 68.5 Å². The van der Waals surface area contributed by atoms with Crippen molar-refractivity contribution < 1.29 is 9.47 Å². The number of anilines is 1. The topological polar surface area (TPSA) is 54.3 Å². The van der Waals surface area contributed by atoms with E-state index in [0.29, 0.717) is 12.7 Å². The molecule has 0 spiro atoms. The summed E-state index contributed by atoms with van der Waals surface area (Å²) in [7, 11) is 0. The lowest BCUT2D eigenvalue weighted by Crippen LogP contribution is -2.00. The monoisotopic (exact) mass is 372 g/mol. The third kappa shape index (κ3) is 10.4. The molecule has 0 amide bonds. The standard InChI is InChI=1S/C12H22O2.C11H14N2/c1-5-7-12(6-2)14-10-13-9-8-11(3)4;1-4-13-11-6-5-10(7-12)8(2)9(11)3/h7-9,11H,5-6,10H2,1-4H3;5-6,13H,4H2,1-3H3/b9-8+,12-7+;. The first-order valence-corrected chi connectivity index (χ1v) is 9.75. The number of hydrogen-bond donors (Lipinski definition) is 1. The lowest BCUT2D eigenvalue weighted by molar-refractivity contribution is 0.0252. The van der Waals surface area contributed by atoms with E-state index in [9.17, 15) is 0 Å². The predicted octanol–water partition coefficient (Wildman–Crippen LogP) is 6.46. The molecule has 0 saturated heterocycles. The molecule has 1 aromatic carbocycles. The average Bonchev–Trinajstić information content (AvgIpc) is 2.65. The van der Waals surface area contributed by atoms with Crippen molar-refractivity contribution in [2.75, 3.05) is 18.7 Å². The van der Waals surface area contributed by atoms with Crippen LogP contribution < -0.4 is 5.32 Å². The summed E-state index contributed by atoms with van der Waals surface area (Å²) < 4.78 is 10.6. The lowest BCUT2D eigenvalue weighted by atomic mass is 10.0. The number of nitrogens with zero attached hydrogens (tertiary/aromatic N) is 1. The van der Waals surface area contributed by atoms with Gasteiger partial charge in [-0.2, -0.15) is 5.26 Å². The van der Waals surface area contributed by atoms with E-state index in [1.807, 2.05) is 32.1 Å². The van der Waals surface area contributed by atoms with E-state index >= 15 is 0 Å². The fourth-order valence-electron chi connectivity index (χ4n) is 2.22. The second-order valence-electron chi connectivity index (χ2n) is 6.49. The summed E-state index contributed by atoms with van der Waals surface area (Å²) in [6, 6.07) is 6.00. The SMILES string of the molecule is CC/C=C(\CC)OCO/C=C/C(C)C.CCNc1ccc(C#N)c(C)c1C. The van der Waals surface area contributed by atoms with Crippen molar-refractivity contribution in [2.24, 2.45) is 5.92 Å². The fourth-order valence-corrected chi connectivity index (χ4v) is 2.22. The largest absolute Gasteiger partial charge is 0.465 e. The number of nitrogens with one attached hydrogen (secondary N) is 1. The first-order valence-electron chi connectivity index (χ1n) is 9.75. The van der Waals surface area contributed by atoms with Crippen LogP contribution in [0, 0.1) is 31.1 Å². The molecular weight excluding hydrogens is 336 g/mol. The molecule has 0 unspecified atom stereocenters. The molecule has 4 heteroatoms. The Labute approximate surface area is 165 Å². The van der Waals surface area contributed by atoms with Crippen molar-refractivity contribution in [3.63, 3.8) is 0 Å². The van der Waals surface area contributed by atoms with E-state index in [1.54, 1.807) is 6.26 Å². The molecule has 0 saturated carbocycles.